The second kappa shape index (κ2) is 7.99. The van der Waals surface area contributed by atoms with E-state index in [1.807, 2.05) is 5.32 Å². The van der Waals surface area contributed by atoms with Gasteiger partial charge in [0, 0.05) is 11.6 Å². The van der Waals surface area contributed by atoms with Gasteiger partial charge in [-0.05, 0) is 19.1 Å². The molecule has 12 heteroatoms. The Balaban J connectivity index is 2.65. The number of ether oxygens (including phenoxy) is 1. The van der Waals surface area contributed by atoms with Crippen molar-refractivity contribution in [3.05, 3.63) is 33.9 Å². The SMILES string of the molecule is COC(=O)CNC(O)P(=O)(O)OOc1ccc([N+](=O)[O-])c(C)c1. The summed E-state index contributed by atoms with van der Waals surface area (Å²) in [7, 11) is -3.58. The summed E-state index contributed by atoms with van der Waals surface area (Å²) in [5, 5.41) is 22.1. The number of aliphatic hydroxyl groups is 1. The minimum atomic E-state index is -4.68. The quantitative estimate of drug-likeness (QED) is 0.150. The van der Waals surface area contributed by atoms with Crippen LogP contribution in [0.3, 0.4) is 0 Å². The maximum atomic E-state index is 11.7. The van der Waals surface area contributed by atoms with E-state index in [1.54, 1.807) is 0 Å². The van der Waals surface area contributed by atoms with Crippen molar-refractivity contribution in [3.63, 3.8) is 0 Å². The van der Waals surface area contributed by atoms with Crippen molar-refractivity contribution in [3.8, 4) is 5.75 Å². The van der Waals surface area contributed by atoms with Crippen LogP contribution in [0.25, 0.3) is 0 Å². The lowest BCUT2D eigenvalue weighted by atomic mass is 10.2. The zero-order valence-corrected chi connectivity index (χ0v) is 13.1. The standard InChI is InChI=1S/C11H15N2O9P/c1-7-5-8(3-4-9(7)13(16)17)21-22-23(18,19)11(15)12-6-10(14)20-2/h3-5,11-12,15H,6H2,1-2H3,(H,18,19). The second-order valence-electron chi connectivity index (χ2n) is 4.26. The molecule has 0 heterocycles. The van der Waals surface area contributed by atoms with E-state index < -0.39 is 31.0 Å². The third kappa shape index (κ3) is 5.58. The molecule has 1 aromatic carbocycles. The van der Waals surface area contributed by atoms with E-state index in [0.717, 1.165) is 19.2 Å². The lowest BCUT2D eigenvalue weighted by molar-refractivity contribution is -0.385. The van der Waals surface area contributed by atoms with Gasteiger partial charge in [0.2, 0.25) is 5.97 Å². The predicted octanol–water partition coefficient (Wildman–Crippen LogP) is 0.438. The normalized spacial score (nSPS) is 14.6. The van der Waals surface area contributed by atoms with Crippen molar-refractivity contribution in [2.75, 3.05) is 13.7 Å². The number of aliphatic hydroxyl groups excluding tert-OH is 1. The molecular weight excluding hydrogens is 335 g/mol. The number of nitro benzene ring substituents is 1. The van der Waals surface area contributed by atoms with Crippen molar-refractivity contribution in [1.29, 1.82) is 0 Å². The third-order valence-electron chi connectivity index (χ3n) is 2.57. The molecule has 1 rings (SSSR count). The van der Waals surface area contributed by atoms with Crippen LogP contribution in [0.4, 0.5) is 5.69 Å². The van der Waals surface area contributed by atoms with Crippen molar-refractivity contribution < 1.29 is 38.6 Å². The average Bonchev–Trinajstić information content (AvgIpc) is 2.49. The summed E-state index contributed by atoms with van der Waals surface area (Å²) in [4.78, 5) is 35.0. The highest BCUT2D eigenvalue weighted by Crippen LogP contribution is 2.45. The summed E-state index contributed by atoms with van der Waals surface area (Å²) in [6, 6.07) is 3.49. The highest BCUT2D eigenvalue weighted by atomic mass is 31.2. The monoisotopic (exact) mass is 350 g/mol. The van der Waals surface area contributed by atoms with Crippen LogP contribution in [-0.2, 0) is 18.8 Å². The summed E-state index contributed by atoms with van der Waals surface area (Å²) in [6.45, 7) is 0.915. The number of hydrogen-bond acceptors (Lipinski definition) is 9. The lowest BCUT2D eigenvalue weighted by Gasteiger charge is -2.17. The first kappa shape index (κ1) is 19.0. The first-order chi connectivity index (χ1) is 10.7. The summed E-state index contributed by atoms with van der Waals surface area (Å²) in [5.74, 6) is -2.95. The van der Waals surface area contributed by atoms with Crippen molar-refractivity contribution in [1.82, 2.24) is 5.32 Å². The highest BCUT2D eigenvalue weighted by molar-refractivity contribution is 7.53. The second-order valence-corrected chi connectivity index (χ2v) is 6.02. The van der Waals surface area contributed by atoms with Gasteiger partial charge in [-0.15, -0.1) is 0 Å². The van der Waals surface area contributed by atoms with Crippen LogP contribution in [0.2, 0.25) is 0 Å². The third-order valence-corrected chi connectivity index (χ3v) is 3.66. The lowest BCUT2D eigenvalue weighted by Crippen LogP contribution is -2.34. The molecule has 2 atom stereocenters. The van der Waals surface area contributed by atoms with Gasteiger partial charge in [0.15, 0.2) is 5.75 Å². The molecule has 1 aromatic rings. The molecule has 0 bridgehead atoms. The fraction of sp³-hybridized carbons (Fsp3) is 0.364. The minimum Gasteiger partial charge on any atom is -0.468 e. The van der Waals surface area contributed by atoms with Gasteiger partial charge in [-0.1, -0.05) is 4.67 Å². The number of nitro groups is 1. The van der Waals surface area contributed by atoms with Gasteiger partial charge < -0.3 is 19.6 Å². The smallest absolute Gasteiger partial charge is 0.408 e. The zero-order valence-electron chi connectivity index (χ0n) is 12.2. The van der Waals surface area contributed by atoms with Crippen LogP contribution in [0, 0.1) is 17.0 Å². The Morgan fingerprint density at radius 3 is 2.70 bits per heavy atom. The topological polar surface area (TPSA) is 157 Å². The Kier molecular flexibility index (Phi) is 6.61. The fourth-order valence-electron chi connectivity index (χ4n) is 1.38. The Bertz CT molecular complexity index is 636. The van der Waals surface area contributed by atoms with Crippen LogP contribution in [-0.4, -0.2) is 40.5 Å². The maximum absolute atomic E-state index is 11.7. The van der Waals surface area contributed by atoms with E-state index in [0.29, 0.717) is 0 Å². The van der Waals surface area contributed by atoms with Crippen LogP contribution >= 0.6 is 7.60 Å². The van der Waals surface area contributed by atoms with Gasteiger partial charge in [0.1, 0.15) is 0 Å². The number of aryl methyl sites for hydroxylation is 1. The molecule has 23 heavy (non-hydrogen) atoms. The van der Waals surface area contributed by atoms with Crippen LogP contribution in [0.15, 0.2) is 18.2 Å². The predicted molar refractivity (Wildman–Crippen MR) is 75.4 cm³/mol. The summed E-state index contributed by atoms with van der Waals surface area (Å²) >= 11 is 0. The van der Waals surface area contributed by atoms with Crippen molar-refractivity contribution >= 4 is 19.3 Å². The molecule has 0 aliphatic heterocycles. The Labute approximate surface area is 130 Å². The fourth-order valence-corrected chi connectivity index (χ4v) is 1.98. The molecule has 0 aliphatic rings. The van der Waals surface area contributed by atoms with E-state index in [1.165, 1.54) is 13.0 Å². The number of carbonyl (C=O) groups is 1. The molecule has 0 aliphatic carbocycles. The number of nitrogens with one attached hydrogen (secondary N) is 1. The van der Waals surface area contributed by atoms with Gasteiger partial charge in [0.25, 0.3) is 5.69 Å². The van der Waals surface area contributed by atoms with Crippen molar-refractivity contribution in [2.24, 2.45) is 0 Å². The average molecular weight is 350 g/mol. The van der Waals surface area contributed by atoms with E-state index >= 15 is 0 Å². The Morgan fingerprint density at radius 1 is 1.52 bits per heavy atom. The minimum absolute atomic E-state index is 0.0810. The van der Waals surface area contributed by atoms with Gasteiger partial charge in [-0.3, -0.25) is 24.8 Å². The largest absolute Gasteiger partial charge is 0.468 e. The van der Waals surface area contributed by atoms with Crippen LogP contribution < -0.4 is 10.2 Å². The van der Waals surface area contributed by atoms with E-state index in [2.05, 4.69) is 14.3 Å². The molecule has 3 N–H and O–H groups in total. The van der Waals surface area contributed by atoms with Gasteiger partial charge in [-0.2, -0.15) is 0 Å². The van der Waals surface area contributed by atoms with Crippen molar-refractivity contribution in [2.45, 2.75) is 12.9 Å². The first-order valence-corrected chi connectivity index (χ1v) is 7.74. The van der Waals surface area contributed by atoms with Crippen LogP contribution in [0.1, 0.15) is 5.56 Å². The Morgan fingerprint density at radius 2 is 2.17 bits per heavy atom. The highest BCUT2D eigenvalue weighted by Gasteiger charge is 2.33. The molecule has 128 valence electrons. The van der Waals surface area contributed by atoms with E-state index in [4.69, 9.17) is 0 Å². The molecule has 0 radical (unpaired) electrons. The number of benzene rings is 1. The molecule has 2 unspecified atom stereocenters. The summed E-state index contributed by atoms with van der Waals surface area (Å²) < 4.78 is 20.2. The summed E-state index contributed by atoms with van der Waals surface area (Å²) in [6.07, 6.45) is 0. The molecule has 0 fully saturated rings. The van der Waals surface area contributed by atoms with Gasteiger partial charge >= 0.3 is 13.6 Å². The van der Waals surface area contributed by atoms with Gasteiger partial charge in [0.05, 0.1) is 18.6 Å². The number of rotatable bonds is 8. The number of hydrogen-bond donors (Lipinski definition) is 3. The number of carbonyl (C=O) groups excluding carboxylic acids is 1. The molecule has 11 nitrogen and oxygen atoms in total. The number of esters is 1. The zero-order chi connectivity index (χ0) is 17.6. The molecular formula is C11H15N2O9P. The molecule has 0 aromatic heterocycles. The van der Waals surface area contributed by atoms with E-state index in [-0.39, 0.29) is 17.0 Å². The maximum Gasteiger partial charge on any atom is 0.408 e. The van der Waals surface area contributed by atoms with E-state index in [9.17, 15) is 29.5 Å². The van der Waals surface area contributed by atoms with Crippen LogP contribution in [0.5, 0.6) is 5.75 Å². The number of nitrogens with zero attached hydrogens (tertiary/aromatic N) is 1. The number of methoxy groups -OCH3 is 1. The summed E-state index contributed by atoms with van der Waals surface area (Å²) in [5.41, 5.74) is 0.0811. The molecule has 0 spiro atoms. The molecule has 0 saturated heterocycles. The van der Waals surface area contributed by atoms with Gasteiger partial charge in [-0.25, -0.2) is 0 Å². The molecule has 0 amide bonds. The Hall–Kier alpha value is -2.04. The molecule has 0 saturated carbocycles. The first-order valence-electron chi connectivity index (χ1n) is 6.09.